The van der Waals surface area contributed by atoms with Crippen LogP contribution in [0, 0.1) is 12.7 Å². The van der Waals surface area contributed by atoms with Crippen molar-refractivity contribution in [3.8, 4) is 0 Å². The minimum atomic E-state index is -0.140. The molecule has 0 aromatic heterocycles. The van der Waals surface area contributed by atoms with Gasteiger partial charge in [-0.3, -0.25) is 0 Å². The Morgan fingerprint density at radius 1 is 1.44 bits per heavy atom. The first-order valence-electron chi connectivity index (χ1n) is 5.64. The largest absolute Gasteiger partial charge is 0.383 e. The molecule has 0 aliphatic rings. The average molecular weight is 225 g/mol. The highest BCUT2D eigenvalue weighted by Gasteiger charge is 2.05. The number of methoxy groups -OCH3 is 1. The van der Waals surface area contributed by atoms with Gasteiger partial charge in [0.1, 0.15) is 5.82 Å². The Bertz CT molecular complexity index is 328. The Kier molecular flexibility index (Phi) is 5.43. The van der Waals surface area contributed by atoms with Crippen LogP contribution in [-0.4, -0.2) is 19.8 Å². The predicted molar refractivity (Wildman–Crippen MR) is 63.9 cm³/mol. The predicted octanol–water partition coefficient (Wildman–Crippen LogP) is 2.65. The molecule has 0 bridgehead atoms. The smallest absolute Gasteiger partial charge is 0.126 e. The summed E-state index contributed by atoms with van der Waals surface area (Å²) in [5.41, 5.74) is 1.66. The van der Waals surface area contributed by atoms with Crippen molar-refractivity contribution in [3.05, 3.63) is 35.1 Å². The van der Waals surface area contributed by atoms with E-state index in [1.165, 1.54) is 0 Å². The molecule has 1 aromatic rings. The summed E-state index contributed by atoms with van der Waals surface area (Å²) >= 11 is 0. The Hall–Kier alpha value is -0.930. The van der Waals surface area contributed by atoms with Gasteiger partial charge in [-0.1, -0.05) is 19.1 Å². The monoisotopic (exact) mass is 225 g/mol. The summed E-state index contributed by atoms with van der Waals surface area (Å²) in [7, 11) is 1.69. The van der Waals surface area contributed by atoms with Gasteiger partial charge in [0.2, 0.25) is 0 Å². The van der Waals surface area contributed by atoms with Crippen molar-refractivity contribution < 1.29 is 9.13 Å². The Morgan fingerprint density at radius 3 is 2.75 bits per heavy atom. The summed E-state index contributed by atoms with van der Waals surface area (Å²) in [6.45, 7) is 5.24. The fourth-order valence-electron chi connectivity index (χ4n) is 1.53. The number of aryl methyl sites for hydroxylation is 1. The van der Waals surface area contributed by atoms with Gasteiger partial charge in [-0.2, -0.15) is 0 Å². The topological polar surface area (TPSA) is 21.3 Å². The second-order valence-corrected chi connectivity index (χ2v) is 4.02. The summed E-state index contributed by atoms with van der Waals surface area (Å²) in [6.07, 6.45) is 1.00. The van der Waals surface area contributed by atoms with E-state index in [1.807, 2.05) is 12.1 Å². The molecule has 0 heterocycles. The third-order valence-electron chi connectivity index (χ3n) is 2.69. The van der Waals surface area contributed by atoms with Crippen LogP contribution in [0.2, 0.25) is 0 Å². The number of hydrogen-bond acceptors (Lipinski definition) is 2. The van der Waals surface area contributed by atoms with Crippen LogP contribution < -0.4 is 5.32 Å². The van der Waals surface area contributed by atoms with Gasteiger partial charge in [-0.15, -0.1) is 0 Å². The number of nitrogens with one attached hydrogen (secondary N) is 1. The molecule has 1 unspecified atom stereocenters. The molecule has 0 radical (unpaired) electrons. The molecule has 1 aromatic carbocycles. The van der Waals surface area contributed by atoms with E-state index in [9.17, 15) is 4.39 Å². The zero-order valence-electron chi connectivity index (χ0n) is 10.2. The van der Waals surface area contributed by atoms with Gasteiger partial charge in [0, 0.05) is 19.7 Å². The van der Waals surface area contributed by atoms with Crippen LogP contribution in [-0.2, 0) is 11.3 Å². The Labute approximate surface area is 96.8 Å². The van der Waals surface area contributed by atoms with Crippen LogP contribution in [0.15, 0.2) is 18.2 Å². The molecule has 1 N–H and O–H groups in total. The molecule has 0 spiro atoms. The van der Waals surface area contributed by atoms with Gasteiger partial charge in [-0.05, 0) is 30.5 Å². The van der Waals surface area contributed by atoms with Crippen molar-refractivity contribution in [2.24, 2.45) is 0 Å². The van der Waals surface area contributed by atoms with Crippen LogP contribution in [0.1, 0.15) is 24.5 Å². The number of ether oxygens (including phenoxy) is 1. The summed E-state index contributed by atoms with van der Waals surface area (Å²) in [5, 5.41) is 3.34. The van der Waals surface area contributed by atoms with Crippen molar-refractivity contribution >= 4 is 0 Å². The SMILES string of the molecule is CCC(COC)NCc1ccc(C)c(F)c1. The maximum atomic E-state index is 13.3. The minimum Gasteiger partial charge on any atom is -0.383 e. The molecule has 16 heavy (non-hydrogen) atoms. The zero-order chi connectivity index (χ0) is 12.0. The van der Waals surface area contributed by atoms with Crippen LogP contribution >= 0.6 is 0 Å². The van der Waals surface area contributed by atoms with Gasteiger partial charge in [0.15, 0.2) is 0 Å². The lowest BCUT2D eigenvalue weighted by atomic mass is 10.1. The van der Waals surface area contributed by atoms with E-state index >= 15 is 0 Å². The Balaban J connectivity index is 2.50. The fraction of sp³-hybridized carbons (Fsp3) is 0.538. The van der Waals surface area contributed by atoms with Gasteiger partial charge in [0.25, 0.3) is 0 Å². The lowest BCUT2D eigenvalue weighted by molar-refractivity contribution is 0.164. The average Bonchev–Trinajstić information content (AvgIpc) is 2.28. The molecule has 0 saturated carbocycles. The van der Waals surface area contributed by atoms with E-state index in [-0.39, 0.29) is 5.82 Å². The van der Waals surface area contributed by atoms with Gasteiger partial charge < -0.3 is 10.1 Å². The van der Waals surface area contributed by atoms with Crippen LogP contribution in [0.5, 0.6) is 0 Å². The van der Waals surface area contributed by atoms with Crippen molar-refractivity contribution in [1.82, 2.24) is 5.32 Å². The normalized spacial score (nSPS) is 12.8. The fourth-order valence-corrected chi connectivity index (χ4v) is 1.53. The number of halogens is 1. The minimum absolute atomic E-state index is 0.140. The first kappa shape index (κ1) is 13.1. The molecule has 0 fully saturated rings. The van der Waals surface area contributed by atoms with E-state index in [0.29, 0.717) is 24.8 Å². The molecule has 0 aliphatic heterocycles. The summed E-state index contributed by atoms with van der Waals surface area (Å²) < 4.78 is 18.4. The molecule has 1 rings (SSSR count). The lowest BCUT2D eigenvalue weighted by Gasteiger charge is -2.16. The lowest BCUT2D eigenvalue weighted by Crippen LogP contribution is -2.32. The Morgan fingerprint density at radius 2 is 2.19 bits per heavy atom. The first-order chi connectivity index (χ1) is 7.67. The van der Waals surface area contributed by atoms with Gasteiger partial charge in [-0.25, -0.2) is 4.39 Å². The van der Waals surface area contributed by atoms with E-state index in [0.717, 1.165) is 12.0 Å². The second kappa shape index (κ2) is 6.61. The first-order valence-corrected chi connectivity index (χ1v) is 5.64. The molecule has 0 amide bonds. The summed E-state index contributed by atoms with van der Waals surface area (Å²) in [6, 6.07) is 5.67. The molecule has 1 atom stereocenters. The molecule has 0 saturated heterocycles. The number of hydrogen-bond donors (Lipinski definition) is 1. The molecular formula is C13H20FNO. The van der Waals surface area contributed by atoms with E-state index in [4.69, 9.17) is 4.74 Å². The van der Waals surface area contributed by atoms with E-state index < -0.39 is 0 Å². The van der Waals surface area contributed by atoms with Crippen molar-refractivity contribution in [2.45, 2.75) is 32.9 Å². The maximum Gasteiger partial charge on any atom is 0.126 e. The molecule has 90 valence electrons. The molecule has 3 heteroatoms. The number of rotatable bonds is 6. The van der Waals surface area contributed by atoms with Crippen molar-refractivity contribution in [2.75, 3.05) is 13.7 Å². The zero-order valence-corrected chi connectivity index (χ0v) is 10.2. The number of benzene rings is 1. The third-order valence-corrected chi connectivity index (χ3v) is 2.69. The van der Waals surface area contributed by atoms with Gasteiger partial charge >= 0.3 is 0 Å². The van der Waals surface area contributed by atoms with E-state index in [2.05, 4.69) is 12.2 Å². The van der Waals surface area contributed by atoms with Crippen LogP contribution in [0.25, 0.3) is 0 Å². The maximum absolute atomic E-state index is 13.3. The van der Waals surface area contributed by atoms with Crippen LogP contribution in [0.3, 0.4) is 0 Å². The van der Waals surface area contributed by atoms with Crippen molar-refractivity contribution in [1.29, 1.82) is 0 Å². The van der Waals surface area contributed by atoms with E-state index in [1.54, 1.807) is 20.1 Å². The highest BCUT2D eigenvalue weighted by Crippen LogP contribution is 2.09. The molecular weight excluding hydrogens is 205 g/mol. The van der Waals surface area contributed by atoms with Crippen LogP contribution in [0.4, 0.5) is 4.39 Å². The van der Waals surface area contributed by atoms with Gasteiger partial charge in [0.05, 0.1) is 6.61 Å². The standard InChI is InChI=1S/C13H20FNO/c1-4-12(9-16-3)15-8-11-6-5-10(2)13(14)7-11/h5-7,12,15H,4,8-9H2,1-3H3. The summed E-state index contributed by atoms with van der Waals surface area (Å²) in [4.78, 5) is 0. The highest BCUT2D eigenvalue weighted by atomic mass is 19.1. The highest BCUT2D eigenvalue weighted by molar-refractivity contribution is 5.23. The molecule has 2 nitrogen and oxygen atoms in total. The second-order valence-electron chi connectivity index (χ2n) is 4.02. The van der Waals surface area contributed by atoms with Crippen molar-refractivity contribution in [3.63, 3.8) is 0 Å². The molecule has 0 aliphatic carbocycles. The quantitative estimate of drug-likeness (QED) is 0.803. The summed E-state index contributed by atoms with van der Waals surface area (Å²) in [5.74, 6) is -0.140. The third kappa shape index (κ3) is 3.91.